The van der Waals surface area contributed by atoms with Crippen LogP contribution in [0.2, 0.25) is 5.02 Å². The van der Waals surface area contributed by atoms with Gasteiger partial charge < -0.3 is 20.9 Å². The van der Waals surface area contributed by atoms with Crippen LogP contribution in [0.4, 0.5) is 16.3 Å². The Bertz CT molecular complexity index is 1320. The Balaban J connectivity index is 1.23. The fourth-order valence-corrected chi connectivity index (χ4v) is 5.13. The Morgan fingerprint density at radius 1 is 0.973 bits per heavy atom. The lowest BCUT2D eigenvalue weighted by Gasteiger charge is -2.37. The first-order chi connectivity index (χ1) is 17.9. The van der Waals surface area contributed by atoms with Crippen LogP contribution in [-0.4, -0.2) is 71.4 Å². The van der Waals surface area contributed by atoms with Crippen molar-refractivity contribution in [3.8, 4) is 0 Å². The quantitative estimate of drug-likeness (QED) is 0.511. The van der Waals surface area contributed by atoms with E-state index in [1.165, 1.54) is 4.90 Å². The number of piperazine rings is 1. The van der Waals surface area contributed by atoms with Crippen molar-refractivity contribution in [2.24, 2.45) is 0 Å². The monoisotopic (exact) mass is 520 g/mol. The van der Waals surface area contributed by atoms with E-state index in [9.17, 15) is 14.4 Å². The van der Waals surface area contributed by atoms with Crippen molar-refractivity contribution in [2.45, 2.75) is 25.3 Å². The number of rotatable bonds is 3. The van der Waals surface area contributed by atoms with Gasteiger partial charge in [-0.15, -0.1) is 0 Å². The zero-order valence-corrected chi connectivity index (χ0v) is 21.2. The van der Waals surface area contributed by atoms with Gasteiger partial charge in [0.25, 0.3) is 11.8 Å². The molecule has 2 aromatic carbocycles. The number of halogens is 1. The van der Waals surface area contributed by atoms with Crippen molar-refractivity contribution in [1.29, 1.82) is 0 Å². The number of carbonyl (C=O) groups is 3. The van der Waals surface area contributed by atoms with Crippen molar-refractivity contribution in [3.63, 3.8) is 0 Å². The molecule has 0 aliphatic carbocycles. The minimum atomic E-state index is -0.727. The van der Waals surface area contributed by atoms with Gasteiger partial charge in [-0.3, -0.25) is 14.5 Å². The van der Waals surface area contributed by atoms with E-state index < -0.39 is 6.04 Å². The number of hydrogen-bond acceptors (Lipinski definition) is 6. The largest absolute Gasteiger partial charge is 0.384 e. The first-order valence-corrected chi connectivity index (χ1v) is 12.9. The molecule has 3 N–H and O–H groups in total. The lowest BCUT2D eigenvalue weighted by atomic mass is 10.1. The SMILES string of the molecule is Nc1cc(N2CCN(C(=O)N[C@H]3CCCCN(C(=O)c4ccccc4)C3=O)CC2)c2ccc(Cl)cc2n1. The van der Waals surface area contributed by atoms with Crippen molar-refractivity contribution < 1.29 is 14.4 Å². The normalized spacial score (nSPS) is 18.6. The summed E-state index contributed by atoms with van der Waals surface area (Å²) in [4.78, 5) is 48.8. The van der Waals surface area contributed by atoms with Crippen molar-refractivity contribution in [2.75, 3.05) is 43.4 Å². The van der Waals surface area contributed by atoms with Crippen LogP contribution in [0.5, 0.6) is 0 Å². The van der Waals surface area contributed by atoms with Crippen molar-refractivity contribution in [1.82, 2.24) is 20.1 Å². The summed E-state index contributed by atoms with van der Waals surface area (Å²) in [5, 5.41) is 4.44. The molecular formula is C27H29ClN6O3. The minimum absolute atomic E-state index is 0.294. The minimum Gasteiger partial charge on any atom is -0.384 e. The number of imide groups is 1. The number of nitrogens with one attached hydrogen (secondary N) is 1. The zero-order chi connectivity index (χ0) is 25.9. The van der Waals surface area contributed by atoms with E-state index in [0.717, 1.165) is 23.0 Å². The fraction of sp³-hybridized carbons (Fsp3) is 0.333. The molecule has 0 unspecified atom stereocenters. The molecule has 5 rings (SSSR count). The lowest BCUT2D eigenvalue weighted by Crippen LogP contribution is -2.56. The summed E-state index contributed by atoms with van der Waals surface area (Å²) in [6, 6.07) is 15.1. The van der Waals surface area contributed by atoms with Crippen LogP contribution >= 0.6 is 11.6 Å². The number of nitrogens with two attached hydrogens (primary N) is 1. The average molecular weight is 521 g/mol. The summed E-state index contributed by atoms with van der Waals surface area (Å²) in [7, 11) is 0. The molecule has 3 aromatic rings. The highest BCUT2D eigenvalue weighted by molar-refractivity contribution is 6.31. The van der Waals surface area contributed by atoms with Gasteiger partial charge in [-0.05, 0) is 49.6 Å². The Hall–Kier alpha value is -3.85. The molecule has 0 saturated carbocycles. The molecular weight excluding hydrogens is 492 g/mol. The molecule has 37 heavy (non-hydrogen) atoms. The number of urea groups is 1. The maximum Gasteiger partial charge on any atom is 0.318 e. The zero-order valence-electron chi connectivity index (χ0n) is 20.4. The molecule has 10 heteroatoms. The number of nitrogen functional groups attached to an aromatic ring is 1. The van der Waals surface area contributed by atoms with Crippen LogP contribution in [0, 0.1) is 0 Å². The van der Waals surface area contributed by atoms with Gasteiger partial charge in [0.15, 0.2) is 0 Å². The highest BCUT2D eigenvalue weighted by Gasteiger charge is 2.34. The van der Waals surface area contributed by atoms with Crippen molar-refractivity contribution >= 4 is 51.9 Å². The molecule has 2 aliphatic rings. The number of aromatic nitrogens is 1. The molecule has 192 valence electrons. The van der Waals surface area contributed by atoms with E-state index in [1.54, 1.807) is 35.2 Å². The third-order valence-corrected chi connectivity index (χ3v) is 7.16. The molecule has 0 bridgehead atoms. The summed E-state index contributed by atoms with van der Waals surface area (Å²) >= 11 is 6.13. The van der Waals surface area contributed by atoms with E-state index in [4.69, 9.17) is 17.3 Å². The maximum absolute atomic E-state index is 13.2. The number of likely N-dealkylation sites (tertiary alicyclic amines) is 1. The predicted molar refractivity (Wildman–Crippen MR) is 144 cm³/mol. The van der Waals surface area contributed by atoms with Gasteiger partial charge in [0.2, 0.25) is 0 Å². The van der Waals surface area contributed by atoms with Crippen LogP contribution in [0.25, 0.3) is 10.9 Å². The summed E-state index contributed by atoms with van der Waals surface area (Å²) in [6.07, 6.45) is 1.97. The Labute approximate surface area is 220 Å². The predicted octanol–water partition coefficient (Wildman–Crippen LogP) is 3.52. The van der Waals surface area contributed by atoms with Gasteiger partial charge >= 0.3 is 6.03 Å². The van der Waals surface area contributed by atoms with E-state index in [2.05, 4.69) is 15.2 Å². The topological polar surface area (TPSA) is 112 Å². The number of carbonyl (C=O) groups excluding carboxylic acids is 3. The Morgan fingerprint density at radius 3 is 2.49 bits per heavy atom. The number of anilines is 2. The van der Waals surface area contributed by atoms with Crippen LogP contribution < -0.4 is 16.0 Å². The first kappa shape index (κ1) is 24.8. The van der Waals surface area contributed by atoms with Gasteiger partial charge in [-0.1, -0.05) is 29.8 Å². The molecule has 0 radical (unpaired) electrons. The summed E-state index contributed by atoms with van der Waals surface area (Å²) in [5.74, 6) is -0.271. The number of fused-ring (bicyclic) bond motifs is 1. The number of amides is 4. The first-order valence-electron chi connectivity index (χ1n) is 12.5. The molecule has 4 amide bonds. The molecule has 3 heterocycles. The molecule has 2 saturated heterocycles. The van der Waals surface area contributed by atoms with Crippen LogP contribution in [-0.2, 0) is 4.79 Å². The highest BCUT2D eigenvalue weighted by atomic mass is 35.5. The van der Waals surface area contributed by atoms with Gasteiger partial charge in [-0.25, -0.2) is 9.78 Å². The molecule has 1 aromatic heterocycles. The number of benzene rings is 2. The van der Waals surface area contributed by atoms with Crippen LogP contribution in [0.3, 0.4) is 0 Å². The Kier molecular flexibility index (Phi) is 7.14. The number of pyridine rings is 1. The highest BCUT2D eigenvalue weighted by Crippen LogP contribution is 2.30. The van der Waals surface area contributed by atoms with E-state index in [-0.39, 0.29) is 17.8 Å². The molecule has 2 fully saturated rings. The van der Waals surface area contributed by atoms with Crippen LogP contribution in [0.1, 0.15) is 29.6 Å². The third kappa shape index (κ3) is 5.32. The lowest BCUT2D eigenvalue weighted by molar-refractivity contribution is -0.130. The summed E-state index contributed by atoms with van der Waals surface area (Å²) in [5.41, 5.74) is 8.18. The maximum atomic E-state index is 13.2. The van der Waals surface area contributed by atoms with E-state index in [1.807, 2.05) is 24.3 Å². The second-order valence-electron chi connectivity index (χ2n) is 9.36. The van der Waals surface area contributed by atoms with Gasteiger partial charge in [0.05, 0.1) is 5.52 Å². The molecule has 9 nitrogen and oxygen atoms in total. The number of nitrogens with zero attached hydrogens (tertiary/aromatic N) is 4. The van der Waals surface area contributed by atoms with Crippen LogP contribution in [0.15, 0.2) is 54.6 Å². The fourth-order valence-electron chi connectivity index (χ4n) is 4.97. The summed E-state index contributed by atoms with van der Waals surface area (Å²) < 4.78 is 0. The second-order valence-corrected chi connectivity index (χ2v) is 9.80. The van der Waals surface area contributed by atoms with Gasteiger partial charge in [0.1, 0.15) is 11.9 Å². The standard InChI is InChI=1S/C27H29ClN6O3/c28-19-9-10-20-22(16-19)30-24(29)17-23(20)32-12-14-33(15-13-32)27(37)31-21-8-4-5-11-34(26(21)36)25(35)18-6-2-1-3-7-18/h1-3,6-7,9-10,16-17,21H,4-5,8,11-15H2,(H2,29,30)(H,31,37)/t21-/m0/s1. The van der Waals surface area contributed by atoms with E-state index in [0.29, 0.717) is 62.0 Å². The van der Waals surface area contributed by atoms with E-state index >= 15 is 0 Å². The number of hydrogen-bond donors (Lipinski definition) is 2. The third-order valence-electron chi connectivity index (χ3n) is 6.93. The second kappa shape index (κ2) is 10.6. The molecule has 1 atom stereocenters. The smallest absolute Gasteiger partial charge is 0.318 e. The Morgan fingerprint density at radius 2 is 1.73 bits per heavy atom. The average Bonchev–Trinajstić information content (AvgIpc) is 3.09. The van der Waals surface area contributed by atoms with Crippen molar-refractivity contribution in [3.05, 3.63) is 65.2 Å². The molecule has 0 spiro atoms. The van der Waals surface area contributed by atoms with Gasteiger partial charge in [-0.2, -0.15) is 0 Å². The molecule has 2 aliphatic heterocycles. The summed E-state index contributed by atoms with van der Waals surface area (Å²) in [6.45, 7) is 2.52. The van der Waals surface area contributed by atoms with Gasteiger partial charge in [0, 0.05) is 60.4 Å².